The third-order valence-corrected chi connectivity index (χ3v) is 4.46. The van der Waals surface area contributed by atoms with E-state index in [2.05, 4.69) is 17.3 Å². The van der Waals surface area contributed by atoms with E-state index < -0.39 is 0 Å². The van der Waals surface area contributed by atoms with Gasteiger partial charge in [-0.25, -0.2) is 0 Å². The SMILES string of the molecule is COC1CCCCC1N(C)CC1CCCCN1. The third kappa shape index (κ3) is 3.67. The van der Waals surface area contributed by atoms with E-state index in [0.29, 0.717) is 18.2 Å². The second kappa shape index (κ2) is 6.72. The zero-order valence-corrected chi connectivity index (χ0v) is 11.5. The largest absolute Gasteiger partial charge is 0.380 e. The maximum absolute atomic E-state index is 5.65. The maximum Gasteiger partial charge on any atom is 0.0726 e. The molecule has 17 heavy (non-hydrogen) atoms. The van der Waals surface area contributed by atoms with Crippen LogP contribution in [0.1, 0.15) is 44.9 Å². The standard InChI is InChI=1S/C14H28N2O/c1-16(11-12-7-5-6-10-15-12)13-8-3-4-9-14(13)17-2/h12-15H,3-11H2,1-2H3. The molecule has 0 aromatic heterocycles. The van der Waals surface area contributed by atoms with E-state index in [4.69, 9.17) is 4.74 Å². The summed E-state index contributed by atoms with van der Waals surface area (Å²) in [5, 5.41) is 3.64. The highest BCUT2D eigenvalue weighted by Gasteiger charge is 2.29. The van der Waals surface area contributed by atoms with Crippen molar-refractivity contribution in [2.24, 2.45) is 0 Å². The molecule has 1 N–H and O–H groups in total. The molecule has 0 bridgehead atoms. The summed E-state index contributed by atoms with van der Waals surface area (Å²) in [5.41, 5.74) is 0. The Labute approximate surface area is 106 Å². The number of rotatable bonds is 4. The van der Waals surface area contributed by atoms with Crippen molar-refractivity contribution >= 4 is 0 Å². The third-order valence-electron chi connectivity index (χ3n) is 4.46. The lowest BCUT2D eigenvalue weighted by atomic mass is 9.91. The van der Waals surface area contributed by atoms with E-state index in [1.807, 2.05) is 7.11 Å². The minimum Gasteiger partial charge on any atom is -0.380 e. The van der Waals surface area contributed by atoms with Crippen LogP contribution in [0.3, 0.4) is 0 Å². The molecular formula is C14H28N2O. The van der Waals surface area contributed by atoms with Gasteiger partial charge in [0.1, 0.15) is 0 Å². The number of nitrogens with zero attached hydrogens (tertiary/aromatic N) is 1. The van der Waals surface area contributed by atoms with Crippen LogP contribution in [0.25, 0.3) is 0 Å². The Morgan fingerprint density at radius 3 is 2.59 bits per heavy atom. The number of ether oxygens (including phenoxy) is 1. The van der Waals surface area contributed by atoms with Crippen LogP contribution in [0.15, 0.2) is 0 Å². The quantitative estimate of drug-likeness (QED) is 0.813. The van der Waals surface area contributed by atoms with E-state index in [9.17, 15) is 0 Å². The van der Waals surface area contributed by atoms with Gasteiger partial charge in [0.25, 0.3) is 0 Å². The first-order chi connectivity index (χ1) is 8.31. The van der Waals surface area contributed by atoms with Crippen LogP contribution >= 0.6 is 0 Å². The predicted octanol–water partition coefficient (Wildman–Crippen LogP) is 2.02. The van der Waals surface area contributed by atoms with Crippen LogP contribution in [-0.2, 0) is 4.74 Å². The van der Waals surface area contributed by atoms with Crippen LogP contribution in [-0.4, -0.2) is 50.3 Å². The fourth-order valence-electron chi connectivity index (χ4n) is 3.42. The summed E-state index contributed by atoms with van der Waals surface area (Å²) in [6.45, 7) is 2.39. The first-order valence-corrected chi connectivity index (χ1v) is 7.27. The molecule has 1 aliphatic heterocycles. The highest BCUT2D eigenvalue weighted by Crippen LogP contribution is 2.25. The average Bonchev–Trinajstić information content (AvgIpc) is 2.40. The molecule has 0 amide bonds. The van der Waals surface area contributed by atoms with Gasteiger partial charge in [0.05, 0.1) is 6.10 Å². The molecule has 2 rings (SSSR count). The molecule has 0 aromatic rings. The Morgan fingerprint density at radius 1 is 1.12 bits per heavy atom. The monoisotopic (exact) mass is 240 g/mol. The second-order valence-corrected chi connectivity index (χ2v) is 5.71. The highest BCUT2D eigenvalue weighted by atomic mass is 16.5. The van der Waals surface area contributed by atoms with Gasteiger partial charge in [-0.2, -0.15) is 0 Å². The van der Waals surface area contributed by atoms with Crippen molar-refractivity contribution in [3.63, 3.8) is 0 Å². The second-order valence-electron chi connectivity index (χ2n) is 5.71. The van der Waals surface area contributed by atoms with Gasteiger partial charge in [0, 0.05) is 25.7 Å². The fourth-order valence-corrected chi connectivity index (χ4v) is 3.42. The van der Waals surface area contributed by atoms with Gasteiger partial charge >= 0.3 is 0 Å². The number of hydrogen-bond donors (Lipinski definition) is 1. The number of nitrogens with one attached hydrogen (secondary N) is 1. The van der Waals surface area contributed by atoms with Crippen LogP contribution in [0.5, 0.6) is 0 Å². The molecule has 3 heteroatoms. The first-order valence-electron chi connectivity index (χ1n) is 7.27. The van der Waals surface area contributed by atoms with Crippen molar-refractivity contribution in [1.82, 2.24) is 10.2 Å². The fraction of sp³-hybridized carbons (Fsp3) is 1.00. The molecule has 0 aromatic carbocycles. The molecule has 3 unspecified atom stereocenters. The lowest BCUT2D eigenvalue weighted by Crippen LogP contribution is -2.50. The van der Waals surface area contributed by atoms with Gasteiger partial charge in [0.2, 0.25) is 0 Å². The number of piperidine rings is 1. The minimum absolute atomic E-state index is 0.456. The number of methoxy groups -OCH3 is 1. The topological polar surface area (TPSA) is 24.5 Å². The zero-order valence-electron chi connectivity index (χ0n) is 11.5. The van der Waals surface area contributed by atoms with Crippen molar-refractivity contribution in [1.29, 1.82) is 0 Å². The summed E-state index contributed by atoms with van der Waals surface area (Å²) >= 11 is 0. The summed E-state index contributed by atoms with van der Waals surface area (Å²) in [5.74, 6) is 0. The molecule has 3 nitrogen and oxygen atoms in total. The van der Waals surface area contributed by atoms with Crippen LogP contribution in [0.4, 0.5) is 0 Å². The van der Waals surface area contributed by atoms with Crippen molar-refractivity contribution in [3.05, 3.63) is 0 Å². The number of likely N-dealkylation sites (N-methyl/N-ethyl adjacent to an activating group) is 1. The maximum atomic E-state index is 5.65. The summed E-state index contributed by atoms with van der Waals surface area (Å²) in [7, 11) is 4.15. The minimum atomic E-state index is 0.456. The zero-order chi connectivity index (χ0) is 12.1. The summed E-state index contributed by atoms with van der Waals surface area (Å²) < 4.78 is 5.65. The summed E-state index contributed by atoms with van der Waals surface area (Å²) in [6, 6.07) is 1.34. The Kier molecular flexibility index (Phi) is 5.26. The van der Waals surface area contributed by atoms with Gasteiger partial charge in [-0.1, -0.05) is 19.3 Å². The van der Waals surface area contributed by atoms with Gasteiger partial charge in [0.15, 0.2) is 0 Å². The van der Waals surface area contributed by atoms with E-state index >= 15 is 0 Å². The molecule has 0 spiro atoms. The molecule has 2 fully saturated rings. The summed E-state index contributed by atoms with van der Waals surface area (Å²) in [6.07, 6.45) is 9.79. The molecule has 1 aliphatic carbocycles. The van der Waals surface area contributed by atoms with E-state index in [-0.39, 0.29) is 0 Å². The average molecular weight is 240 g/mol. The van der Waals surface area contributed by atoms with Crippen LogP contribution in [0.2, 0.25) is 0 Å². The van der Waals surface area contributed by atoms with Crippen molar-refractivity contribution in [3.8, 4) is 0 Å². The van der Waals surface area contributed by atoms with E-state index in [1.165, 1.54) is 58.0 Å². The molecular weight excluding hydrogens is 212 g/mol. The van der Waals surface area contributed by atoms with E-state index in [1.54, 1.807) is 0 Å². The molecule has 1 saturated heterocycles. The lowest BCUT2D eigenvalue weighted by molar-refractivity contribution is -0.00524. The van der Waals surface area contributed by atoms with Crippen molar-refractivity contribution < 1.29 is 4.74 Å². The Morgan fingerprint density at radius 2 is 1.88 bits per heavy atom. The van der Waals surface area contributed by atoms with Gasteiger partial charge < -0.3 is 10.1 Å². The molecule has 0 radical (unpaired) electrons. The molecule has 1 saturated carbocycles. The van der Waals surface area contributed by atoms with Gasteiger partial charge in [-0.15, -0.1) is 0 Å². The van der Waals surface area contributed by atoms with Crippen molar-refractivity contribution in [2.75, 3.05) is 27.2 Å². The van der Waals surface area contributed by atoms with Crippen molar-refractivity contribution in [2.45, 2.75) is 63.1 Å². The molecule has 3 atom stereocenters. The Balaban J connectivity index is 1.82. The van der Waals surface area contributed by atoms with Crippen LogP contribution < -0.4 is 5.32 Å². The Hall–Kier alpha value is -0.120. The Bertz CT molecular complexity index is 216. The van der Waals surface area contributed by atoms with Gasteiger partial charge in [-0.3, -0.25) is 4.90 Å². The normalized spacial score (nSPS) is 35.1. The first kappa shape index (κ1) is 13.3. The molecule has 100 valence electrons. The molecule has 2 aliphatic rings. The molecule has 1 heterocycles. The van der Waals surface area contributed by atoms with E-state index in [0.717, 1.165) is 0 Å². The highest BCUT2D eigenvalue weighted by molar-refractivity contribution is 4.85. The summed E-state index contributed by atoms with van der Waals surface area (Å²) in [4.78, 5) is 2.54. The number of hydrogen-bond acceptors (Lipinski definition) is 3. The van der Waals surface area contributed by atoms with Crippen LogP contribution in [0, 0.1) is 0 Å². The lowest BCUT2D eigenvalue weighted by Gasteiger charge is -2.39. The predicted molar refractivity (Wildman–Crippen MR) is 71.3 cm³/mol. The van der Waals surface area contributed by atoms with Gasteiger partial charge in [-0.05, 0) is 39.3 Å². The smallest absolute Gasteiger partial charge is 0.0726 e.